The van der Waals surface area contributed by atoms with Crippen molar-refractivity contribution in [2.75, 3.05) is 6.61 Å². The molecule has 0 amide bonds. The van der Waals surface area contributed by atoms with E-state index in [4.69, 9.17) is 8.85 Å². The predicted molar refractivity (Wildman–Crippen MR) is 99.7 cm³/mol. The van der Waals surface area contributed by atoms with Crippen molar-refractivity contribution in [3.63, 3.8) is 0 Å². The van der Waals surface area contributed by atoms with Gasteiger partial charge >= 0.3 is 0 Å². The maximum atomic E-state index is 6.20. The van der Waals surface area contributed by atoms with Gasteiger partial charge in [0, 0.05) is 5.57 Å². The molecule has 0 atom stereocenters. The van der Waals surface area contributed by atoms with Crippen molar-refractivity contribution in [3.8, 4) is 0 Å². The van der Waals surface area contributed by atoms with E-state index in [1.807, 2.05) is 0 Å². The fourth-order valence-electron chi connectivity index (χ4n) is 1.10. The largest absolute Gasteiger partial charge is 0.544 e. The van der Waals surface area contributed by atoms with E-state index in [1.54, 1.807) is 0 Å². The van der Waals surface area contributed by atoms with E-state index in [0.29, 0.717) is 12.4 Å². The molecule has 0 aromatic rings. The second kappa shape index (κ2) is 6.43. The van der Waals surface area contributed by atoms with Crippen LogP contribution in [0.4, 0.5) is 0 Å². The molecule has 0 aliphatic heterocycles. The van der Waals surface area contributed by atoms with Crippen LogP contribution in [0, 0.1) is 0 Å². The highest BCUT2D eigenvalue weighted by atomic mass is 28.4. The van der Waals surface area contributed by atoms with Gasteiger partial charge in [0.05, 0.1) is 6.61 Å². The van der Waals surface area contributed by atoms with Gasteiger partial charge in [-0.15, -0.1) is 0 Å². The molecule has 0 aromatic heterocycles. The van der Waals surface area contributed by atoms with Crippen LogP contribution in [0.25, 0.3) is 0 Å². The summed E-state index contributed by atoms with van der Waals surface area (Å²) in [5.74, 6) is 0.695. The van der Waals surface area contributed by atoms with Crippen LogP contribution in [-0.2, 0) is 8.85 Å². The molecule has 0 unspecified atom stereocenters. The van der Waals surface area contributed by atoms with Crippen LogP contribution in [-0.4, -0.2) is 23.2 Å². The average molecular weight is 329 g/mol. The highest BCUT2D eigenvalue weighted by Crippen LogP contribution is 2.39. The standard InChI is InChI=1S/C17H36O2Si2/c1-14(13-18-20(9,10)16(3,4)5)15(2)19-21(11,12)17(6,7)8/h1-2,13H2,3-12H3. The molecule has 0 heterocycles. The summed E-state index contributed by atoms with van der Waals surface area (Å²) < 4.78 is 12.4. The van der Waals surface area contributed by atoms with Gasteiger partial charge in [0.15, 0.2) is 8.32 Å². The SMILES string of the molecule is C=C(CO[Si](C)(C)C(C)(C)C)C(=C)O[Si](C)(C)C(C)(C)C. The minimum Gasteiger partial charge on any atom is -0.544 e. The van der Waals surface area contributed by atoms with Gasteiger partial charge < -0.3 is 8.85 Å². The first kappa shape index (κ1) is 20.7. The van der Waals surface area contributed by atoms with E-state index in [9.17, 15) is 0 Å². The molecule has 0 radical (unpaired) electrons. The molecule has 0 spiro atoms. The Morgan fingerprint density at radius 1 is 0.810 bits per heavy atom. The fourth-order valence-corrected chi connectivity index (χ4v) is 3.13. The summed E-state index contributed by atoms with van der Waals surface area (Å²) in [4.78, 5) is 0. The van der Waals surface area contributed by atoms with Crippen molar-refractivity contribution in [1.29, 1.82) is 0 Å². The first-order chi connectivity index (χ1) is 9.01. The summed E-state index contributed by atoms with van der Waals surface area (Å²) in [5, 5.41) is 0.366. The van der Waals surface area contributed by atoms with E-state index < -0.39 is 16.6 Å². The van der Waals surface area contributed by atoms with Crippen LogP contribution in [0.15, 0.2) is 24.5 Å². The molecule has 0 fully saturated rings. The third kappa shape index (κ3) is 5.76. The van der Waals surface area contributed by atoms with Crippen molar-refractivity contribution < 1.29 is 8.85 Å². The summed E-state index contributed by atoms with van der Waals surface area (Å²) in [7, 11) is -3.60. The zero-order chi connectivity index (χ0) is 17.3. The smallest absolute Gasteiger partial charge is 0.250 e. The molecule has 124 valence electrons. The van der Waals surface area contributed by atoms with E-state index >= 15 is 0 Å². The Labute approximate surface area is 134 Å². The summed E-state index contributed by atoms with van der Waals surface area (Å²) in [6.07, 6.45) is 0. The van der Waals surface area contributed by atoms with E-state index in [-0.39, 0.29) is 10.1 Å². The molecule has 0 saturated carbocycles. The minimum absolute atomic E-state index is 0.163. The van der Waals surface area contributed by atoms with Crippen LogP contribution in [0.5, 0.6) is 0 Å². The van der Waals surface area contributed by atoms with Crippen LogP contribution in [0.3, 0.4) is 0 Å². The van der Waals surface area contributed by atoms with Crippen LogP contribution in [0.2, 0.25) is 36.3 Å². The maximum Gasteiger partial charge on any atom is 0.250 e. The fraction of sp³-hybridized carbons (Fsp3) is 0.765. The topological polar surface area (TPSA) is 18.5 Å². The molecule has 21 heavy (non-hydrogen) atoms. The van der Waals surface area contributed by atoms with Gasteiger partial charge in [-0.25, -0.2) is 0 Å². The number of rotatable bonds is 6. The number of hydrogen-bond donors (Lipinski definition) is 0. The maximum absolute atomic E-state index is 6.20. The van der Waals surface area contributed by atoms with Gasteiger partial charge in [-0.2, -0.15) is 0 Å². The highest BCUT2D eigenvalue weighted by molar-refractivity contribution is 6.74. The Kier molecular flexibility index (Phi) is 6.33. The Morgan fingerprint density at radius 2 is 1.19 bits per heavy atom. The minimum atomic E-state index is -1.85. The molecule has 0 rings (SSSR count). The van der Waals surface area contributed by atoms with Crippen molar-refractivity contribution in [2.45, 2.75) is 77.8 Å². The summed E-state index contributed by atoms with van der Waals surface area (Å²) in [6, 6.07) is 0. The van der Waals surface area contributed by atoms with E-state index in [0.717, 1.165) is 5.57 Å². The van der Waals surface area contributed by atoms with Crippen molar-refractivity contribution in [2.24, 2.45) is 0 Å². The first-order valence-corrected chi connectivity index (χ1v) is 13.5. The van der Waals surface area contributed by atoms with Crippen molar-refractivity contribution in [3.05, 3.63) is 24.5 Å². The normalized spacial score (nSPS) is 14.0. The van der Waals surface area contributed by atoms with Gasteiger partial charge in [-0.05, 0) is 36.3 Å². The Bertz CT molecular complexity index is 396. The third-order valence-electron chi connectivity index (χ3n) is 4.99. The summed E-state index contributed by atoms with van der Waals surface area (Å²) in [5.41, 5.74) is 0.865. The third-order valence-corrected chi connectivity index (χ3v) is 13.8. The molecule has 0 bridgehead atoms. The lowest BCUT2D eigenvalue weighted by atomic mass is 10.2. The Hall–Kier alpha value is -0.326. The molecule has 0 aromatic carbocycles. The lowest BCUT2D eigenvalue weighted by Crippen LogP contribution is -2.42. The quantitative estimate of drug-likeness (QED) is 0.333. The molecule has 2 nitrogen and oxygen atoms in total. The molecule has 0 N–H and O–H groups in total. The second-order valence-corrected chi connectivity index (χ2v) is 18.5. The summed E-state index contributed by atoms with van der Waals surface area (Å²) in [6.45, 7) is 31.0. The zero-order valence-corrected chi connectivity index (χ0v) is 17.9. The second-order valence-electron chi connectivity index (χ2n) is 8.94. The number of hydrogen-bond acceptors (Lipinski definition) is 2. The molecule has 0 aliphatic rings. The molecular weight excluding hydrogens is 292 g/mol. The lowest BCUT2D eigenvalue weighted by Gasteiger charge is -2.38. The van der Waals surface area contributed by atoms with Gasteiger partial charge in [-0.3, -0.25) is 0 Å². The average Bonchev–Trinajstić information content (AvgIpc) is 2.21. The predicted octanol–water partition coefficient (Wildman–Crippen LogP) is 6.10. The molecule has 4 heteroatoms. The van der Waals surface area contributed by atoms with Crippen LogP contribution >= 0.6 is 0 Å². The zero-order valence-electron chi connectivity index (χ0n) is 15.9. The van der Waals surface area contributed by atoms with Gasteiger partial charge in [0.2, 0.25) is 8.32 Å². The first-order valence-electron chi connectivity index (χ1n) is 7.71. The Morgan fingerprint density at radius 3 is 1.52 bits per heavy atom. The monoisotopic (exact) mass is 328 g/mol. The molecular formula is C17H36O2Si2. The highest BCUT2D eigenvalue weighted by Gasteiger charge is 2.40. The van der Waals surface area contributed by atoms with Crippen molar-refractivity contribution in [1.82, 2.24) is 0 Å². The van der Waals surface area contributed by atoms with Gasteiger partial charge in [0.1, 0.15) is 5.76 Å². The molecule has 0 aliphatic carbocycles. The Balaban J connectivity index is 4.68. The lowest BCUT2D eigenvalue weighted by molar-refractivity contribution is 0.305. The van der Waals surface area contributed by atoms with Gasteiger partial charge in [0.25, 0.3) is 0 Å². The summed E-state index contributed by atoms with van der Waals surface area (Å²) >= 11 is 0. The van der Waals surface area contributed by atoms with Crippen molar-refractivity contribution >= 4 is 16.6 Å². The van der Waals surface area contributed by atoms with Gasteiger partial charge in [-0.1, -0.05) is 54.7 Å². The van der Waals surface area contributed by atoms with E-state index in [2.05, 4.69) is 80.9 Å². The van der Waals surface area contributed by atoms with Crippen LogP contribution < -0.4 is 0 Å². The molecule has 0 saturated heterocycles. The van der Waals surface area contributed by atoms with E-state index in [1.165, 1.54) is 0 Å². The van der Waals surface area contributed by atoms with Crippen LogP contribution in [0.1, 0.15) is 41.5 Å².